The minimum atomic E-state index is -4.68. The highest BCUT2D eigenvalue weighted by atomic mass is 19.4. The van der Waals surface area contributed by atoms with Gasteiger partial charge >= 0.3 is 12.1 Å². The molecule has 6 N–H and O–H groups in total. The van der Waals surface area contributed by atoms with Gasteiger partial charge in [-0.05, 0) is 41.8 Å². The molecule has 0 saturated heterocycles. The van der Waals surface area contributed by atoms with E-state index < -0.39 is 29.7 Å². The van der Waals surface area contributed by atoms with Crippen molar-refractivity contribution < 1.29 is 32.7 Å². The molecule has 1 unspecified atom stereocenters. The first kappa shape index (κ1) is 27.2. The van der Waals surface area contributed by atoms with Crippen molar-refractivity contribution in [3.8, 4) is 0 Å². The Labute approximate surface area is 199 Å². The van der Waals surface area contributed by atoms with E-state index >= 15 is 0 Å². The van der Waals surface area contributed by atoms with Crippen molar-refractivity contribution in [1.29, 1.82) is 0 Å². The molecule has 2 aromatic rings. The van der Waals surface area contributed by atoms with E-state index in [9.17, 15) is 32.7 Å². The predicted octanol–water partition coefficient (Wildman–Crippen LogP) is 3.43. The molecule has 0 aromatic heterocycles. The highest BCUT2D eigenvalue weighted by molar-refractivity contribution is 6.05. The summed E-state index contributed by atoms with van der Waals surface area (Å²) in [5, 5.41) is 20.0. The molecule has 0 bridgehead atoms. The maximum absolute atomic E-state index is 13.2. The van der Waals surface area contributed by atoms with E-state index in [-0.39, 0.29) is 41.6 Å². The zero-order chi connectivity index (χ0) is 26.2. The van der Waals surface area contributed by atoms with Gasteiger partial charge in [-0.3, -0.25) is 9.59 Å². The minimum absolute atomic E-state index is 0.0126. The van der Waals surface area contributed by atoms with Crippen molar-refractivity contribution in [1.82, 2.24) is 5.32 Å². The van der Waals surface area contributed by atoms with Gasteiger partial charge in [-0.2, -0.15) is 18.3 Å². The predicted molar refractivity (Wildman–Crippen MR) is 125 cm³/mol. The molecule has 2 amide bonds. The number of carboxylic acids is 1. The molecular formula is C23H26F3N5O4. The monoisotopic (exact) mass is 493 g/mol. The van der Waals surface area contributed by atoms with E-state index in [1.165, 1.54) is 18.2 Å². The Morgan fingerprint density at radius 2 is 1.74 bits per heavy atom. The van der Waals surface area contributed by atoms with Crippen LogP contribution in [0.4, 0.5) is 24.5 Å². The largest absolute Gasteiger partial charge is 0.480 e. The maximum atomic E-state index is 13.2. The fourth-order valence-electron chi connectivity index (χ4n) is 3.10. The molecule has 0 spiro atoms. The highest BCUT2D eigenvalue weighted by Gasteiger charge is 2.32. The molecular weight excluding hydrogens is 467 g/mol. The summed E-state index contributed by atoms with van der Waals surface area (Å²) in [6.07, 6.45) is -3.50. The molecule has 0 saturated carbocycles. The molecule has 0 fully saturated rings. The first-order valence-electron chi connectivity index (χ1n) is 10.5. The number of amides is 2. The van der Waals surface area contributed by atoms with E-state index in [0.717, 1.165) is 12.4 Å². The van der Waals surface area contributed by atoms with Gasteiger partial charge in [-0.15, -0.1) is 0 Å². The van der Waals surface area contributed by atoms with Gasteiger partial charge < -0.3 is 26.9 Å². The van der Waals surface area contributed by atoms with Gasteiger partial charge in [0.15, 0.2) is 0 Å². The number of carboxylic acid groups (broad SMARTS) is 1. The topological polar surface area (TPSA) is 146 Å². The zero-order valence-electron chi connectivity index (χ0n) is 19.0. The number of carbonyl (C=O) groups excluding carboxylic acids is 2. The number of anilines is 2. The lowest BCUT2D eigenvalue weighted by Gasteiger charge is -2.16. The number of alkyl halides is 3. The number of nitrogens with two attached hydrogens (primary N) is 1. The van der Waals surface area contributed by atoms with Gasteiger partial charge in [-0.25, -0.2) is 4.79 Å². The van der Waals surface area contributed by atoms with Crippen molar-refractivity contribution >= 4 is 35.5 Å². The van der Waals surface area contributed by atoms with Crippen molar-refractivity contribution in [2.24, 2.45) is 16.9 Å². The number of hydrazone groups is 1. The van der Waals surface area contributed by atoms with Crippen LogP contribution in [0.1, 0.15) is 41.8 Å². The average molecular weight is 493 g/mol. The molecule has 2 rings (SSSR count). The van der Waals surface area contributed by atoms with Crippen LogP contribution in [0.5, 0.6) is 0 Å². The molecule has 12 heteroatoms. The van der Waals surface area contributed by atoms with Crippen LogP contribution < -0.4 is 21.8 Å². The van der Waals surface area contributed by atoms with E-state index in [4.69, 9.17) is 5.84 Å². The Hall–Kier alpha value is -4.09. The second-order valence-electron chi connectivity index (χ2n) is 8.13. The van der Waals surface area contributed by atoms with Gasteiger partial charge in [-0.1, -0.05) is 26.0 Å². The molecule has 0 aliphatic rings. The second-order valence-corrected chi connectivity index (χ2v) is 8.13. The average Bonchev–Trinajstić information content (AvgIpc) is 2.77. The molecule has 0 aliphatic carbocycles. The lowest BCUT2D eigenvalue weighted by molar-refractivity contribution is -0.142. The molecule has 0 radical (unpaired) electrons. The molecule has 35 heavy (non-hydrogen) atoms. The van der Waals surface area contributed by atoms with Crippen LogP contribution in [-0.2, 0) is 22.2 Å². The minimum Gasteiger partial charge on any atom is -0.480 e. The van der Waals surface area contributed by atoms with Crippen molar-refractivity contribution in [2.45, 2.75) is 38.9 Å². The Morgan fingerprint density at radius 3 is 2.29 bits per heavy atom. The van der Waals surface area contributed by atoms with Gasteiger partial charge in [0, 0.05) is 29.8 Å². The van der Waals surface area contributed by atoms with Gasteiger partial charge in [0.1, 0.15) is 12.4 Å². The van der Waals surface area contributed by atoms with Crippen LogP contribution in [0.3, 0.4) is 0 Å². The van der Waals surface area contributed by atoms with Crippen molar-refractivity contribution in [2.75, 3.05) is 10.6 Å². The number of hydrogen-bond donors (Lipinski definition) is 5. The van der Waals surface area contributed by atoms with E-state index in [0.29, 0.717) is 11.6 Å². The van der Waals surface area contributed by atoms with Crippen LogP contribution in [0.15, 0.2) is 47.6 Å². The summed E-state index contributed by atoms with van der Waals surface area (Å²) in [5.41, 5.74) is -0.464. The first-order chi connectivity index (χ1) is 16.4. The molecule has 188 valence electrons. The summed E-state index contributed by atoms with van der Waals surface area (Å²) in [6, 6.07) is 7.67. The van der Waals surface area contributed by atoms with Crippen molar-refractivity contribution in [3.63, 3.8) is 0 Å². The number of nitrogens with one attached hydrogen (secondary N) is 3. The lowest BCUT2D eigenvalue weighted by Crippen LogP contribution is -2.42. The lowest BCUT2D eigenvalue weighted by atomic mass is 10.0. The third-order valence-corrected chi connectivity index (χ3v) is 4.71. The Kier molecular flexibility index (Phi) is 9.20. The van der Waals surface area contributed by atoms with Gasteiger partial charge in [0.25, 0.3) is 5.91 Å². The highest BCUT2D eigenvalue weighted by Crippen LogP contribution is 2.32. The van der Waals surface area contributed by atoms with Crippen LogP contribution >= 0.6 is 0 Å². The fourth-order valence-corrected chi connectivity index (χ4v) is 3.10. The standard InChI is InChI=1S/C23H26F3N5O4/c1-13(2)7-20(32)31-19(22(34)35)8-14-3-5-17(6-4-14)30-21(33)15-9-16(23(24,25)26)11-18(10-15)28-12-29-27/h3-6,9-13,19H,7-8,27H2,1-2H3,(H,28,29)(H,30,33)(H,31,32)(H,34,35). The van der Waals surface area contributed by atoms with Crippen LogP contribution in [-0.4, -0.2) is 35.3 Å². The van der Waals surface area contributed by atoms with E-state index in [1.807, 2.05) is 13.8 Å². The van der Waals surface area contributed by atoms with Gasteiger partial charge in [0.2, 0.25) is 5.91 Å². The summed E-state index contributed by atoms with van der Waals surface area (Å²) in [7, 11) is 0. The summed E-state index contributed by atoms with van der Waals surface area (Å²) in [5.74, 6) is 2.68. The van der Waals surface area contributed by atoms with Crippen molar-refractivity contribution in [3.05, 3.63) is 59.2 Å². The Bertz CT molecular complexity index is 1090. The SMILES string of the molecule is CC(C)CC(=O)NC(Cc1ccc(NC(=O)c2cc(NC=NN)cc(C(F)(F)F)c2)cc1)C(=O)O. The Balaban J connectivity index is 2.14. The first-order valence-corrected chi connectivity index (χ1v) is 10.5. The second kappa shape index (κ2) is 11.9. The van der Waals surface area contributed by atoms with Crippen LogP contribution in [0.2, 0.25) is 0 Å². The summed E-state index contributed by atoms with van der Waals surface area (Å²) >= 11 is 0. The summed E-state index contributed by atoms with van der Waals surface area (Å²) in [6.45, 7) is 3.68. The number of aliphatic carboxylic acids is 1. The Morgan fingerprint density at radius 1 is 1.09 bits per heavy atom. The summed E-state index contributed by atoms with van der Waals surface area (Å²) in [4.78, 5) is 36.0. The quantitative estimate of drug-likeness (QED) is 0.148. The molecule has 0 heterocycles. The summed E-state index contributed by atoms with van der Waals surface area (Å²) < 4.78 is 39.7. The fraction of sp³-hybridized carbons (Fsp3) is 0.304. The molecule has 9 nitrogen and oxygen atoms in total. The molecule has 2 aromatic carbocycles. The third kappa shape index (κ3) is 8.65. The number of benzene rings is 2. The number of nitrogens with zero attached hydrogens (tertiary/aromatic N) is 1. The maximum Gasteiger partial charge on any atom is 0.416 e. The number of halogens is 3. The zero-order valence-corrected chi connectivity index (χ0v) is 19.0. The number of carbonyl (C=O) groups is 3. The molecule has 1 atom stereocenters. The normalized spacial score (nSPS) is 12.4. The smallest absolute Gasteiger partial charge is 0.416 e. The van der Waals surface area contributed by atoms with Crippen LogP contribution in [0.25, 0.3) is 0 Å². The number of rotatable bonds is 10. The molecule has 0 aliphatic heterocycles. The number of hydrogen-bond acceptors (Lipinski definition) is 5. The third-order valence-electron chi connectivity index (χ3n) is 4.71. The van der Waals surface area contributed by atoms with Gasteiger partial charge in [0.05, 0.1) is 5.56 Å². The van der Waals surface area contributed by atoms with E-state index in [2.05, 4.69) is 21.1 Å². The van der Waals surface area contributed by atoms with Crippen LogP contribution in [0, 0.1) is 5.92 Å². The van der Waals surface area contributed by atoms with E-state index in [1.54, 1.807) is 12.1 Å².